The largest absolute Gasteiger partial charge is 0.496 e. The molecule has 0 saturated heterocycles. The molecule has 0 bridgehead atoms. The van der Waals surface area contributed by atoms with Gasteiger partial charge in [0, 0.05) is 9.64 Å². The Bertz CT molecular complexity index is 449. The third-order valence-electron chi connectivity index (χ3n) is 1.86. The molecule has 1 aromatic rings. The van der Waals surface area contributed by atoms with E-state index in [4.69, 9.17) is 4.74 Å². The van der Waals surface area contributed by atoms with Crippen LogP contribution in [-0.2, 0) is 0 Å². The fourth-order valence-electron chi connectivity index (χ4n) is 1.22. The number of ether oxygens (including phenoxy) is 1. The molecule has 86 valence electrons. The summed E-state index contributed by atoms with van der Waals surface area (Å²) in [5.74, 6) is -0.150. The summed E-state index contributed by atoms with van der Waals surface area (Å²) in [6.45, 7) is 0. The highest BCUT2D eigenvalue weighted by Crippen LogP contribution is 2.31. The van der Waals surface area contributed by atoms with Gasteiger partial charge in [-0.25, -0.2) is 0 Å². The van der Waals surface area contributed by atoms with Crippen LogP contribution in [0.4, 0.5) is 5.69 Å². The molecule has 0 unspecified atom stereocenters. The Hall–Kier alpha value is -0.700. The Balaban J connectivity index is 3.51. The van der Waals surface area contributed by atoms with Gasteiger partial charge in [0.25, 0.3) is 5.69 Å². The van der Waals surface area contributed by atoms with Crippen LogP contribution in [0.3, 0.4) is 0 Å². The van der Waals surface area contributed by atoms with Gasteiger partial charge in [-0.15, -0.1) is 0 Å². The summed E-state index contributed by atoms with van der Waals surface area (Å²) in [6.07, 6.45) is 0. The van der Waals surface area contributed by atoms with Crippen molar-refractivity contribution in [1.29, 1.82) is 0 Å². The second-order valence-electron chi connectivity index (χ2n) is 2.82. The second-order valence-corrected chi connectivity index (χ2v) is 4.62. The number of rotatable bonds is 4. The van der Waals surface area contributed by atoms with Crippen molar-refractivity contribution in [3.8, 4) is 5.75 Å². The number of hydrogen-bond donors (Lipinski definition) is 0. The number of methoxy groups -OCH3 is 1. The summed E-state index contributed by atoms with van der Waals surface area (Å²) in [7, 11) is 1.38. The van der Waals surface area contributed by atoms with E-state index in [0.717, 1.165) is 0 Å². The van der Waals surface area contributed by atoms with E-state index in [2.05, 4.69) is 15.9 Å². The predicted octanol–water partition coefficient (Wildman–Crippen LogP) is 2.79. The van der Waals surface area contributed by atoms with Gasteiger partial charge in [-0.2, -0.15) is 0 Å². The lowest BCUT2D eigenvalue weighted by molar-refractivity contribution is -0.385. The SMILES string of the molecule is COc1cc(I)cc([N+](=O)[O-])c1C(=O)CBr. The van der Waals surface area contributed by atoms with Crippen molar-refractivity contribution in [3.63, 3.8) is 0 Å². The predicted molar refractivity (Wildman–Crippen MR) is 70.5 cm³/mol. The van der Waals surface area contributed by atoms with Crippen LogP contribution in [-0.4, -0.2) is 23.1 Å². The van der Waals surface area contributed by atoms with E-state index >= 15 is 0 Å². The number of nitrogens with zero attached hydrogens (tertiary/aromatic N) is 1. The maximum absolute atomic E-state index is 11.6. The number of alkyl halides is 1. The molecule has 0 aliphatic heterocycles. The number of benzene rings is 1. The van der Waals surface area contributed by atoms with Gasteiger partial charge >= 0.3 is 0 Å². The molecule has 0 aliphatic carbocycles. The number of nitro benzene ring substituents is 1. The van der Waals surface area contributed by atoms with Crippen molar-refractivity contribution in [2.45, 2.75) is 0 Å². The van der Waals surface area contributed by atoms with Crippen LogP contribution in [0.15, 0.2) is 12.1 Å². The number of carbonyl (C=O) groups is 1. The third kappa shape index (κ3) is 2.70. The summed E-state index contributed by atoms with van der Waals surface area (Å²) < 4.78 is 5.63. The Kier molecular flexibility index (Phi) is 4.66. The first-order valence-electron chi connectivity index (χ1n) is 4.12. The first kappa shape index (κ1) is 13.4. The molecule has 16 heavy (non-hydrogen) atoms. The highest BCUT2D eigenvalue weighted by Gasteiger charge is 2.25. The van der Waals surface area contributed by atoms with E-state index < -0.39 is 4.92 Å². The minimum absolute atomic E-state index is 0.00444. The Morgan fingerprint density at radius 1 is 1.62 bits per heavy atom. The number of nitro groups is 1. The van der Waals surface area contributed by atoms with Gasteiger partial charge in [0.2, 0.25) is 0 Å². The van der Waals surface area contributed by atoms with Gasteiger partial charge in [-0.1, -0.05) is 15.9 Å². The van der Waals surface area contributed by atoms with E-state index in [0.29, 0.717) is 3.57 Å². The molecule has 1 aromatic carbocycles. The van der Waals surface area contributed by atoms with Crippen LogP contribution in [0.2, 0.25) is 0 Å². The molecular formula is C9H7BrINO4. The van der Waals surface area contributed by atoms with Crippen molar-refractivity contribution in [1.82, 2.24) is 0 Å². The van der Waals surface area contributed by atoms with Gasteiger partial charge in [-0.3, -0.25) is 14.9 Å². The minimum atomic E-state index is -0.583. The normalized spacial score (nSPS) is 9.94. The van der Waals surface area contributed by atoms with Crippen LogP contribution in [0.25, 0.3) is 0 Å². The molecule has 0 amide bonds. The van der Waals surface area contributed by atoms with E-state index in [9.17, 15) is 14.9 Å². The van der Waals surface area contributed by atoms with Crippen molar-refractivity contribution < 1.29 is 14.5 Å². The van der Waals surface area contributed by atoms with Gasteiger partial charge in [0.1, 0.15) is 11.3 Å². The fraction of sp³-hybridized carbons (Fsp3) is 0.222. The van der Waals surface area contributed by atoms with Gasteiger partial charge in [0.15, 0.2) is 5.78 Å². The van der Waals surface area contributed by atoms with Crippen molar-refractivity contribution in [2.24, 2.45) is 0 Å². The Morgan fingerprint density at radius 3 is 2.69 bits per heavy atom. The summed E-state index contributed by atoms with van der Waals surface area (Å²) in [4.78, 5) is 21.9. The zero-order valence-electron chi connectivity index (χ0n) is 8.20. The first-order chi connectivity index (χ1) is 7.51. The average Bonchev–Trinajstić information content (AvgIpc) is 2.26. The third-order valence-corrected chi connectivity index (χ3v) is 3.00. The van der Waals surface area contributed by atoms with Gasteiger partial charge in [-0.05, 0) is 28.7 Å². The number of halogens is 2. The van der Waals surface area contributed by atoms with Crippen molar-refractivity contribution in [2.75, 3.05) is 12.4 Å². The molecule has 1 rings (SSSR count). The van der Waals surface area contributed by atoms with Gasteiger partial charge < -0.3 is 4.74 Å². The number of ketones is 1. The van der Waals surface area contributed by atoms with Crippen LogP contribution in [0.5, 0.6) is 5.75 Å². The van der Waals surface area contributed by atoms with E-state index in [1.54, 1.807) is 6.07 Å². The Labute approximate surface area is 114 Å². The van der Waals surface area contributed by atoms with Crippen molar-refractivity contribution >= 4 is 50.0 Å². The summed E-state index contributed by atoms with van der Waals surface area (Å²) in [5.41, 5.74) is -0.224. The maximum atomic E-state index is 11.6. The average molecular weight is 400 g/mol. The van der Waals surface area contributed by atoms with Crippen LogP contribution in [0, 0.1) is 13.7 Å². The lowest BCUT2D eigenvalue weighted by Crippen LogP contribution is -2.08. The fourth-order valence-corrected chi connectivity index (χ4v) is 2.08. The lowest BCUT2D eigenvalue weighted by Gasteiger charge is -2.07. The molecule has 0 N–H and O–H groups in total. The zero-order chi connectivity index (χ0) is 12.3. The molecule has 0 aromatic heterocycles. The molecule has 0 aliphatic rings. The molecule has 0 spiro atoms. The molecule has 0 radical (unpaired) electrons. The smallest absolute Gasteiger partial charge is 0.285 e. The van der Waals surface area contributed by atoms with Crippen LogP contribution in [0.1, 0.15) is 10.4 Å². The minimum Gasteiger partial charge on any atom is -0.496 e. The topological polar surface area (TPSA) is 69.4 Å². The highest BCUT2D eigenvalue weighted by molar-refractivity contribution is 14.1. The van der Waals surface area contributed by atoms with Crippen molar-refractivity contribution in [3.05, 3.63) is 31.4 Å². The van der Waals surface area contributed by atoms with E-state index in [1.807, 2.05) is 22.6 Å². The second kappa shape index (κ2) is 5.58. The first-order valence-corrected chi connectivity index (χ1v) is 6.32. The molecule has 7 heteroatoms. The van der Waals surface area contributed by atoms with E-state index in [1.165, 1.54) is 13.2 Å². The molecule has 0 heterocycles. The zero-order valence-corrected chi connectivity index (χ0v) is 11.9. The monoisotopic (exact) mass is 399 g/mol. The summed E-state index contributed by atoms with van der Waals surface area (Å²) in [6, 6.07) is 2.93. The van der Waals surface area contributed by atoms with E-state index in [-0.39, 0.29) is 28.1 Å². The number of carbonyl (C=O) groups excluding carboxylic acids is 1. The molecular weight excluding hydrogens is 393 g/mol. The lowest BCUT2D eigenvalue weighted by atomic mass is 10.1. The number of hydrogen-bond acceptors (Lipinski definition) is 4. The molecule has 5 nitrogen and oxygen atoms in total. The summed E-state index contributed by atoms with van der Waals surface area (Å²) >= 11 is 4.92. The molecule has 0 fully saturated rings. The van der Waals surface area contributed by atoms with Crippen LogP contribution < -0.4 is 4.74 Å². The molecule has 0 atom stereocenters. The Morgan fingerprint density at radius 2 is 2.25 bits per heavy atom. The standard InChI is InChI=1S/C9H7BrINO4/c1-16-8-3-5(11)2-6(12(14)15)9(8)7(13)4-10/h2-3H,4H2,1H3. The summed E-state index contributed by atoms with van der Waals surface area (Å²) in [5, 5.41) is 10.9. The van der Waals surface area contributed by atoms with Gasteiger partial charge in [0.05, 0.1) is 17.4 Å². The number of Topliss-reactive ketones (excluding diaryl/α,β-unsaturated/α-hetero) is 1. The molecule has 0 saturated carbocycles. The highest BCUT2D eigenvalue weighted by atomic mass is 127. The maximum Gasteiger partial charge on any atom is 0.285 e. The van der Waals surface area contributed by atoms with Crippen LogP contribution >= 0.6 is 38.5 Å². The quantitative estimate of drug-likeness (QED) is 0.256.